The molecule has 0 bridgehead atoms. The predicted octanol–water partition coefficient (Wildman–Crippen LogP) is 3.60. The summed E-state index contributed by atoms with van der Waals surface area (Å²) in [5.41, 5.74) is 5.31. The van der Waals surface area contributed by atoms with Crippen LogP contribution in [-0.4, -0.2) is 23.3 Å². The first-order chi connectivity index (χ1) is 11.9. The van der Waals surface area contributed by atoms with Crippen LogP contribution >= 0.6 is 0 Å². The van der Waals surface area contributed by atoms with Crippen molar-refractivity contribution in [3.63, 3.8) is 0 Å². The SMILES string of the molecule is Cc1ccc(CN2CC(C(=O)Nc3ccc(C)cc3C)CC2=O)cc1. The van der Waals surface area contributed by atoms with Crippen LogP contribution in [0, 0.1) is 26.7 Å². The molecule has 0 aliphatic carbocycles. The molecular weight excluding hydrogens is 312 g/mol. The molecule has 130 valence electrons. The van der Waals surface area contributed by atoms with Crippen LogP contribution in [0.3, 0.4) is 0 Å². The second-order valence-corrected chi connectivity index (χ2v) is 6.97. The van der Waals surface area contributed by atoms with Crippen molar-refractivity contribution >= 4 is 17.5 Å². The van der Waals surface area contributed by atoms with Crippen molar-refractivity contribution in [3.8, 4) is 0 Å². The van der Waals surface area contributed by atoms with Crippen LogP contribution in [-0.2, 0) is 16.1 Å². The van der Waals surface area contributed by atoms with Gasteiger partial charge in [-0.3, -0.25) is 9.59 Å². The summed E-state index contributed by atoms with van der Waals surface area (Å²) >= 11 is 0. The van der Waals surface area contributed by atoms with Crippen LogP contribution in [0.5, 0.6) is 0 Å². The van der Waals surface area contributed by atoms with E-state index in [9.17, 15) is 9.59 Å². The number of anilines is 1. The average molecular weight is 336 g/mol. The molecular formula is C21H24N2O2. The molecule has 1 N–H and O–H groups in total. The third kappa shape index (κ3) is 4.08. The van der Waals surface area contributed by atoms with Gasteiger partial charge in [0.05, 0.1) is 5.92 Å². The zero-order valence-electron chi connectivity index (χ0n) is 15.0. The monoisotopic (exact) mass is 336 g/mol. The number of hydrogen-bond donors (Lipinski definition) is 1. The van der Waals surface area contributed by atoms with Crippen LogP contribution in [0.1, 0.15) is 28.7 Å². The molecule has 0 aromatic heterocycles. The molecule has 0 saturated carbocycles. The lowest BCUT2D eigenvalue weighted by atomic mass is 10.1. The summed E-state index contributed by atoms with van der Waals surface area (Å²) in [6.07, 6.45) is 0.280. The standard InChI is InChI=1S/C21H24N2O2/c1-14-4-7-17(8-5-14)12-23-13-18(11-20(23)24)21(25)22-19-9-6-15(2)10-16(19)3/h4-10,18H,11-13H2,1-3H3,(H,22,25). The minimum atomic E-state index is -0.293. The van der Waals surface area contributed by atoms with E-state index in [2.05, 4.69) is 5.32 Å². The molecule has 0 spiro atoms. The molecule has 4 heteroatoms. The number of carbonyl (C=O) groups excluding carboxylic acids is 2. The summed E-state index contributed by atoms with van der Waals surface area (Å²) in [6, 6.07) is 14.1. The normalized spacial score (nSPS) is 17.0. The van der Waals surface area contributed by atoms with Gasteiger partial charge < -0.3 is 10.2 Å². The van der Waals surface area contributed by atoms with E-state index in [1.807, 2.05) is 63.2 Å². The van der Waals surface area contributed by atoms with Crippen molar-refractivity contribution in [3.05, 3.63) is 64.7 Å². The second-order valence-electron chi connectivity index (χ2n) is 6.97. The maximum atomic E-state index is 12.6. The van der Waals surface area contributed by atoms with Crippen molar-refractivity contribution in [2.45, 2.75) is 33.7 Å². The van der Waals surface area contributed by atoms with E-state index in [1.54, 1.807) is 4.90 Å². The number of nitrogens with one attached hydrogen (secondary N) is 1. The van der Waals surface area contributed by atoms with E-state index in [4.69, 9.17) is 0 Å². The lowest BCUT2D eigenvalue weighted by Gasteiger charge is -2.17. The van der Waals surface area contributed by atoms with Gasteiger partial charge in [-0.25, -0.2) is 0 Å². The summed E-state index contributed by atoms with van der Waals surface area (Å²) in [5, 5.41) is 2.97. The quantitative estimate of drug-likeness (QED) is 0.927. The van der Waals surface area contributed by atoms with Crippen LogP contribution in [0.15, 0.2) is 42.5 Å². The lowest BCUT2D eigenvalue weighted by molar-refractivity contribution is -0.128. The highest BCUT2D eigenvalue weighted by molar-refractivity contribution is 5.97. The number of rotatable bonds is 4. The van der Waals surface area contributed by atoms with Crippen LogP contribution in [0.4, 0.5) is 5.69 Å². The topological polar surface area (TPSA) is 49.4 Å². The number of hydrogen-bond acceptors (Lipinski definition) is 2. The molecule has 1 unspecified atom stereocenters. The fourth-order valence-electron chi connectivity index (χ4n) is 3.20. The van der Waals surface area contributed by atoms with Crippen LogP contribution in [0.2, 0.25) is 0 Å². The molecule has 1 saturated heterocycles. The fourth-order valence-corrected chi connectivity index (χ4v) is 3.20. The van der Waals surface area contributed by atoms with Gasteiger partial charge in [0.25, 0.3) is 0 Å². The van der Waals surface area contributed by atoms with Gasteiger partial charge in [-0.15, -0.1) is 0 Å². The Kier molecular flexibility index (Phi) is 4.88. The van der Waals surface area contributed by atoms with Gasteiger partial charge >= 0.3 is 0 Å². The maximum Gasteiger partial charge on any atom is 0.229 e. The summed E-state index contributed by atoms with van der Waals surface area (Å²) in [5.74, 6) is -0.327. The first-order valence-corrected chi connectivity index (χ1v) is 8.64. The van der Waals surface area contributed by atoms with Gasteiger partial charge in [-0.05, 0) is 38.0 Å². The molecule has 25 heavy (non-hydrogen) atoms. The summed E-state index contributed by atoms with van der Waals surface area (Å²) in [7, 11) is 0. The molecule has 1 aliphatic heterocycles. The first kappa shape index (κ1) is 17.2. The highest BCUT2D eigenvalue weighted by Gasteiger charge is 2.34. The van der Waals surface area contributed by atoms with E-state index < -0.39 is 0 Å². The fraction of sp³-hybridized carbons (Fsp3) is 0.333. The molecule has 2 amide bonds. The lowest BCUT2D eigenvalue weighted by Crippen LogP contribution is -2.28. The molecule has 4 nitrogen and oxygen atoms in total. The molecule has 1 aliphatic rings. The Labute approximate surface area is 148 Å². The van der Waals surface area contributed by atoms with Gasteiger partial charge in [0.2, 0.25) is 11.8 Å². The van der Waals surface area contributed by atoms with Crippen molar-refractivity contribution in [2.24, 2.45) is 5.92 Å². The van der Waals surface area contributed by atoms with E-state index >= 15 is 0 Å². The zero-order valence-corrected chi connectivity index (χ0v) is 15.0. The van der Waals surface area contributed by atoms with Crippen LogP contribution < -0.4 is 5.32 Å². The van der Waals surface area contributed by atoms with E-state index in [0.29, 0.717) is 13.1 Å². The second kappa shape index (κ2) is 7.09. The summed E-state index contributed by atoms with van der Waals surface area (Å²) < 4.78 is 0. The number of likely N-dealkylation sites (tertiary alicyclic amines) is 1. The Morgan fingerprint density at radius 2 is 1.76 bits per heavy atom. The smallest absolute Gasteiger partial charge is 0.229 e. The van der Waals surface area contributed by atoms with Gasteiger partial charge in [-0.1, -0.05) is 47.5 Å². The Morgan fingerprint density at radius 1 is 1.08 bits per heavy atom. The molecule has 3 rings (SSSR count). The minimum absolute atomic E-state index is 0.0429. The molecule has 1 heterocycles. The van der Waals surface area contributed by atoms with E-state index in [-0.39, 0.29) is 24.2 Å². The Morgan fingerprint density at radius 3 is 2.44 bits per heavy atom. The Balaban J connectivity index is 1.63. The Hall–Kier alpha value is -2.62. The van der Waals surface area contributed by atoms with Gasteiger partial charge in [0.1, 0.15) is 0 Å². The Bertz CT molecular complexity index is 796. The average Bonchev–Trinajstić information content (AvgIpc) is 2.93. The van der Waals surface area contributed by atoms with Gasteiger partial charge in [-0.2, -0.15) is 0 Å². The minimum Gasteiger partial charge on any atom is -0.338 e. The predicted molar refractivity (Wildman–Crippen MR) is 99.2 cm³/mol. The third-order valence-corrected chi connectivity index (χ3v) is 4.72. The van der Waals surface area contributed by atoms with Crippen molar-refractivity contribution in [2.75, 3.05) is 11.9 Å². The molecule has 1 fully saturated rings. The van der Waals surface area contributed by atoms with Crippen LogP contribution in [0.25, 0.3) is 0 Å². The number of benzene rings is 2. The molecule has 2 aromatic rings. The largest absolute Gasteiger partial charge is 0.338 e. The zero-order chi connectivity index (χ0) is 18.0. The van der Waals surface area contributed by atoms with E-state index in [0.717, 1.165) is 22.4 Å². The number of aryl methyl sites for hydroxylation is 3. The summed E-state index contributed by atoms with van der Waals surface area (Å²) in [4.78, 5) is 26.6. The van der Waals surface area contributed by atoms with Gasteiger partial charge in [0.15, 0.2) is 0 Å². The number of carbonyl (C=O) groups is 2. The van der Waals surface area contributed by atoms with Gasteiger partial charge in [0, 0.05) is 25.2 Å². The van der Waals surface area contributed by atoms with Crippen molar-refractivity contribution in [1.82, 2.24) is 4.90 Å². The summed E-state index contributed by atoms with van der Waals surface area (Å²) in [6.45, 7) is 7.08. The highest BCUT2D eigenvalue weighted by atomic mass is 16.2. The maximum absolute atomic E-state index is 12.6. The third-order valence-electron chi connectivity index (χ3n) is 4.72. The van der Waals surface area contributed by atoms with Crippen molar-refractivity contribution in [1.29, 1.82) is 0 Å². The van der Waals surface area contributed by atoms with Crippen molar-refractivity contribution < 1.29 is 9.59 Å². The highest BCUT2D eigenvalue weighted by Crippen LogP contribution is 2.23. The number of amides is 2. The first-order valence-electron chi connectivity index (χ1n) is 8.64. The molecule has 2 aromatic carbocycles. The molecule has 0 radical (unpaired) electrons. The molecule has 1 atom stereocenters. The number of nitrogens with zero attached hydrogens (tertiary/aromatic N) is 1. The van der Waals surface area contributed by atoms with E-state index in [1.165, 1.54) is 5.56 Å².